The van der Waals surface area contributed by atoms with Gasteiger partial charge in [-0.15, -0.1) is 0 Å². The molecule has 0 fully saturated rings. The van der Waals surface area contributed by atoms with E-state index in [0.29, 0.717) is 25.1 Å². The Bertz CT molecular complexity index is 1060. The summed E-state index contributed by atoms with van der Waals surface area (Å²) in [5.74, 6) is -1.23. The van der Waals surface area contributed by atoms with Crippen LogP contribution < -0.4 is 5.56 Å². The van der Waals surface area contributed by atoms with Crippen LogP contribution in [0.1, 0.15) is 22.6 Å². The van der Waals surface area contributed by atoms with Crippen LogP contribution in [0.5, 0.6) is 0 Å². The normalized spacial score (nSPS) is 14.9. The fourth-order valence-corrected chi connectivity index (χ4v) is 3.48. The van der Waals surface area contributed by atoms with Crippen LogP contribution in [-0.2, 0) is 32.7 Å². The van der Waals surface area contributed by atoms with Crippen molar-refractivity contribution in [2.45, 2.75) is 25.7 Å². The third kappa shape index (κ3) is 3.57. The van der Waals surface area contributed by atoms with Crippen molar-refractivity contribution in [2.75, 3.05) is 6.54 Å². The Morgan fingerprint density at radius 3 is 2.68 bits per heavy atom. The van der Waals surface area contributed by atoms with Gasteiger partial charge in [-0.05, 0) is 0 Å². The van der Waals surface area contributed by atoms with E-state index in [-0.39, 0.29) is 12.2 Å². The van der Waals surface area contributed by atoms with Crippen molar-refractivity contribution in [3.63, 3.8) is 0 Å². The number of H-pyrrole nitrogens is 1. The number of aromatic amines is 1. The molecule has 1 aromatic carbocycles. The van der Waals surface area contributed by atoms with E-state index in [1.54, 1.807) is 4.68 Å². The summed E-state index contributed by atoms with van der Waals surface area (Å²) < 4.78 is 40.3. The maximum Gasteiger partial charge on any atom is 0.449 e. The summed E-state index contributed by atoms with van der Waals surface area (Å²) in [5.41, 5.74) is 2.63. The highest BCUT2D eigenvalue weighted by atomic mass is 19.4. The Labute approximate surface area is 158 Å². The Morgan fingerprint density at radius 1 is 1.21 bits per heavy atom. The number of aryl methyl sites for hydroxylation is 1. The molecule has 0 atom stereocenters. The van der Waals surface area contributed by atoms with Gasteiger partial charge in [0.05, 0.1) is 17.0 Å². The molecule has 0 radical (unpaired) electrons. The number of halogens is 3. The van der Waals surface area contributed by atoms with E-state index in [9.17, 15) is 18.0 Å². The van der Waals surface area contributed by atoms with Crippen molar-refractivity contribution in [2.24, 2.45) is 7.05 Å². The number of nitrogens with one attached hydrogen (secondary N) is 1. The molecule has 2 aromatic heterocycles. The molecule has 0 spiro atoms. The molecule has 0 aliphatic carbocycles. The van der Waals surface area contributed by atoms with Crippen molar-refractivity contribution < 1.29 is 13.2 Å². The van der Waals surface area contributed by atoms with Gasteiger partial charge in [0.25, 0.3) is 5.56 Å². The number of benzene rings is 1. The summed E-state index contributed by atoms with van der Waals surface area (Å²) in [4.78, 5) is 19.7. The molecule has 0 saturated carbocycles. The number of aromatic nitrogens is 4. The minimum absolute atomic E-state index is 0.224. The van der Waals surface area contributed by atoms with E-state index in [2.05, 4.69) is 10.1 Å². The minimum Gasteiger partial charge on any atom is -0.303 e. The third-order valence-electron chi connectivity index (χ3n) is 4.76. The summed E-state index contributed by atoms with van der Waals surface area (Å²) >= 11 is 0. The smallest absolute Gasteiger partial charge is 0.303 e. The van der Waals surface area contributed by atoms with Crippen molar-refractivity contribution in [3.05, 3.63) is 69.5 Å². The highest BCUT2D eigenvalue weighted by Gasteiger charge is 2.36. The van der Waals surface area contributed by atoms with Crippen LogP contribution in [0.2, 0.25) is 0 Å². The molecule has 1 aliphatic rings. The number of alkyl halides is 3. The summed E-state index contributed by atoms with van der Waals surface area (Å²) in [5, 5.41) is 4.53. The zero-order valence-corrected chi connectivity index (χ0v) is 15.1. The van der Waals surface area contributed by atoms with Gasteiger partial charge in [0, 0.05) is 50.4 Å². The number of hydrogen-bond acceptors (Lipinski definition) is 4. The maximum absolute atomic E-state index is 12.9. The number of rotatable bonds is 3. The molecular weight excluding hydrogens is 371 g/mol. The van der Waals surface area contributed by atoms with E-state index in [4.69, 9.17) is 0 Å². The molecule has 0 saturated heterocycles. The quantitative estimate of drug-likeness (QED) is 0.748. The van der Waals surface area contributed by atoms with Gasteiger partial charge >= 0.3 is 6.18 Å². The lowest BCUT2D eigenvalue weighted by atomic mass is 10.0. The van der Waals surface area contributed by atoms with E-state index < -0.39 is 17.6 Å². The average Bonchev–Trinajstić information content (AvgIpc) is 3.02. The Kier molecular flexibility index (Phi) is 4.54. The van der Waals surface area contributed by atoms with Gasteiger partial charge in [0.15, 0.2) is 0 Å². The van der Waals surface area contributed by atoms with E-state index in [0.717, 1.165) is 16.8 Å². The van der Waals surface area contributed by atoms with Gasteiger partial charge in [-0.25, -0.2) is 4.98 Å². The van der Waals surface area contributed by atoms with Gasteiger partial charge in [0.2, 0.25) is 5.82 Å². The van der Waals surface area contributed by atoms with Gasteiger partial charge < -0.3 is 4.98 Å². The molecule has 3 aromatic rings. The van der Waals surface area contributed by atoms with Gasteiger partial charge in [-0.1, -0.05) is 30.3 Å². The molecule has 4 rings (SSSR count). The van der Waals surface area contributed by atoms with Crippen LogP contribution in [-0.4, -0.2) is 31.2 Å². The first-order valence-electron chi connectivity index (χ1n) is 8.81. The standard InChI is InChI=1S/C19H18F3N5O/c1-26-9-13(16(25-26)12-5-3-2-4-6-12)10-27-8-7-15-14(11-27)17(28)24-18(23-15)19(20,21)22/h2-6,9H,7-8,10-11H2,1H3,(H,23,24,28). The average molecular weight is 389 g/mol. The van der Waals surface area contributed by atoms with Crippen LogP contribution in [0.3, 0.4) is 0 Å². The molecule has 9 heteroatoms. The molecule has 3 heterocycles. The Hall–Kier alpha value is -2.94. The molecule has 0 bridgehead atoms. The van der Waals surface area contributed by atoms with E-state index >= 15 is 0 Å². The topological polar surface area (TPSA) is 66.8 Å². The predicted octanol–water partition coefficient (Wildman–Crippen LogP) is 2.75. The van der Waals surface area contributed by atoms with Crippen LogP contribution in [0, 0.1) is 0 Å². The van der Waals surface area contributed by atoms with Gasteiger partial charge in [-0.3, -0.25) is 14.4 Å². The maximum atomic E-state index is 12.9. The fraction of sp³-hybridized carbons (Fsp3) is 0.316. The number of nitrogens with zero attached hydrogens (tertiary/aromatic N) is 4. The first-order valence-corrected chi connectivity index (χ1v) is 8.81. The summed E-state index contributed by atoms with van der Waals surface area (Å²) in [7, 11) is 1.84. The largest absolute Gasteiger partial charge is 0.449 e. The molecule has 146 valence electrons. The molecule has 0 unspecified atom stereocenters. The predicted molar refractivity (Wildman–Crippen MR) is 96.3 cm³/mol. The Balaban J connectivity index is 1.59. The van der Waals surface area contributed by atoms with Crippen LogP contribution in [0.4, 0.5) is 13.2 Å². The second-order valence-electron chi connectivity index (χ2n) is 6.84. The van der Waals surface area contributed by atoms with Gasteiger partial charge in [-0.2, -0.15) is 18.3 Å². The van der Waals surface area contributed by atoms with E-state index in [1.165, 1.54) is 0 Å². The van der Waals surface area contributed by atoms with E-state index in [1.807, 2.05) is 53.5 Å². The molecule has 6 nitrogen and oxygen atoms in total. The monoisotopic (exact) mass is 389 g/mol. The summed E-state index contributed by atoms with van der Waals surface area (Å²) in [6, 6.07) is 9.76. The number of fused-ring (bicyclic) bond motifs is 1. The zero-order valence-electron chi connectivity index (χ0n) is 15.1. The second kappa shape index (κ2) is 6.90. The van der Waals surface area contributed by atoms with Crippen LogP contribution in [0.15, 0.2) is 41.3 Å². The lowest BCUT2D eigenvalue weighted by Gasteiger charge is -2.27. The summed E-state index contributed by atoms with van der Waals surface area (Å²) in [6.45, 7) is 1.31. The minimum atomic E-state index is -4.66. The van der Waals surface area contributed by atoms with Crippen molar-refractivity contribution in [1.82, 2.24) is 24.6 Å². The molecule has 0 amide bonds. The van der Waals surface area contributed by atoms with Crippen LogP contribution in [0.25, 0.3) is 11.3 Å². The molecular formula is C19H18F3N5O. The van der Waals surface area contributed by atoms with Gasteiger partial charge in [0.1, 0.15) is 0 Å². The first-order chi connectivity index (χ1) is 13.3. The van der Waals surface area contributed by atoms with Crippen molar-refractivity contribution in [1.29, 1.82) is 0 Å². The van der Waals surface area contributed by atoms with Crippen molar-refractivity contribution >= 4 is 0 Å². The molecule has 1 N–H and O–H groups in total. The first kappa shape index (κ1) is 18.4. The molecule has 28 heavy (non-hydrogen) atoms. The fourth-order valence-electron chi connectivity index (χ4n) is 3.48. The summed E-state index contributed by atoms with van der Waals surface area (Å²) in [6.07, 6.45) is -2.44. The number of hydrogen-bond donors (Lipinski definition) is 1. The Morgan fingerprint density at radius 2 is 1.96 bits per heavy atom. The second-order valence-corrected chi connectivity index (χ2v) is 6.84. The zero-order chi connectivity index (χ0) is 19.9. The highest BCUT2D eigenvalue weighted by Crippen LogP contribution is 2.28. The SMILES string of the molecule is Cn1cc(CN2CCc3nc(C(F)(F)F)[nH]c(=O)c3C2)c(-c2ccccc2)n1. The lowest BCUT2D eigenvalue weighted by molar-refractivity contribution is -0.145. The lowest BCUT2D eigenvalue weighted by Crippen LogP contribution is -2.36. The molecule has 1 aliphatic heterocycles. The third-order valence-corrected chi connectivity index (χ3v) is 4.76. The van der Waals surface area contributed by atoms with Crippen LogP contribution >= 0.6 is 0 Å². The highest BCUT2D eigenvalue weighted by molar-refractivity contribution is 5.62. The van der Waals surface area contributed by atoms with Crippen molar-refractivity contribution in [3.8, 4) is 11.3 Å².